The first-order valence-corrected chi connectivity index (χ1v) is 13.0. The van der Waals surface area contributed by atoms with Crippen LogP contribution in [-0.2, 0) is 18.9 Å². The van der Waals surface area contributed by atoms with Gasteiger partial charge in [-0.2, -0.15) is 0 Å². The molecule has 4 rings (SSSR count). The third-order valence-electron chi connectivity index (χ3n) is 7.04. The van der Waals surface area contributed by atoms with Gasteiger partial charge in [0.1, 0.15) is 48.1 Å². The largest absolute Gasteiger partial charge is 0.507 e. The number of carboxylic acid groups (broad SMARTS) is 1. The van der Waals surface area contributed by atoms with E-state index in [4.69, 9.17) is 33.2 Å². The highest BCUT2D eigenvalue weighted by atomic mass is 16.8. The van der Waals surface area contributed by atoms with Gasteiger partial charge in [0.05, 0.1) is 33.0 Å². The van der Waals surface area contributed by atoms with E-state index in [-0.39, 0.29) is 28.6 Å². The molecule has 0 spiro atoms. The van der Waals surface area contributed by atoms with E-state index in [1.165, 1.54) is 32.4 Å². The van der Waals surface area contributed by atoms with Gasteiger partial charge in [-0.1, -0.05) is 0 Å². The van der Waals surface area contributed by atoms with Crippen LogP contribution in [0, 0.1) is 0 Å². The Morgan fingerprint density at radius 2 is 1.66 bits per heavy atom. The number of hydrogen-bond donors (Lipinski definition) is 8. The zero-order valence-corrected chi connectivity index (χ0v) is 23.3. The van der Waals surface area contributed by atoms with Crippen LogP contribution in [0.3, 0.4) is 0 Å². The van der Waals surface area contributed by atoms with E-state index >= 15 is 0 Å². The molecule has 242 valence electrons. The van der Waals surface area contributed by atoms with Crippen molar-refractivity contribution in [3.05, 3.63) is 41.5 Å². The number of aliphatic hydroxyl groups excluding tert-OH is 4. The van der Waals surface area contributed by atoms with E-state index in [1.807, 2.05) is 0 Å². The molecule has 0 amide bonds. The molecular formula is C27H32O17. The Labute approximate surface area is 248 Å². The van der Waals surface area contributed by atoms with Crippen LogP contribution in [-0.4, -0.2) is 136 Å². The summed E-state index contributed by atoms with van der Waals surface area (Å²) >= 11 is 0. The molecule has 2 aromatic carbocycles. The Kier molecular flexibility index (Phi) is 10.0. The van der Waals surface area contributed by atoms with Gasteiger partial charge in [-0.05, 0) is 30.3 Å². The maximum absolute atomic E-state index is 12.7. The smallest absolute Gasteiger partial charge is 0.339 e. The predicted molar refractivity (Wildman–Crippen MR) is 141 cm³/mol. The fraction of sp³-hybridized carbons (Fsp3) is 0.481. The summed E-state index contributed by atoms with van der Waals surface area (Å²) in [7, 11) is 2.51. The van der Waals surface area contributed by atoms with Crippen molar-refractivity contribution in [2.75, 3.05) is 34.0 Å². The first-order valence-electron chi connectivity index (χ1n) is 13.0. The van der Waals surface area contributed by atoms with Crippen molar-refractivity contribution >= 4 is 11.9 Å². The number of carbonyl (C=O) groups is 2. The lowest BCUT2D eigenvalue weighted by Crippen LogP contribution is -2.62. The van der Waals surface area contributed by atoms with Gasteiger partial charge in [0.15, 0.2) is 29.5 Å². The molecule has 0 aromatic heterocycles. The topological polar surface area (TPSA) is 261 Å². The highest BCUT2D eigenvalue weighted by Gasteiger charge is 2.54. The second-order valence-electron chi connectivity index (χ2n) is 9.94. The summed E-state index contributed by atoms with van der Waals surface area (Å²) in [6.45, 7) is -2.18. The van der Waals surface area contributed by atoms with Crippen LogP contribution in [0.2, 0.25) is 0 Å². The number of phenolic OH excluding ortho intramolecular Hbond substituents is 1. The van der Waals surface area contributed by atoms with Gasteiger partial charge >= 0.3 is 11.9 Å². The van der Waals surface area contributed by atoms with Crippen molar-refractivity contribution in [3.8, 4) is 28.7 Å². The number of carboxylic acids is 1. The van der Waals surface area contributed by atoms with Crippen LogP contribution < -0.4 is 14.2 Å². The summed E-state index contributed by atoms with van der Waals surface area (Å²) in [4.78, 5) is 24.1. The first-order chi connectivity index (χ1) is 20.8. The molecule has 0 aliphatic carbocycles. The maximum Gasteiger partial charge on any atom is 0.339 e. The predicted octanol–water partition coefficient (Wildman–Crippen LogP) is -1.68. The lowest BCUT2D eigenvalue weighted by atomic mass is 9.98. The number of aliphatic hydroxyl groups is 5. The molecule has 2 saturated heterocycles. The van der Waals surface area contributed by atoms with Gasteiger partial charge in [-0.3, -0.25) is 0 Å². The standard InChI is InChI=1S/C27H32O17/c1-38-15-5-11(6-16(39-2)18(15)30)24(36)40-9-27(37)10-41-26(22(27)33)44-21-20(32)19(31)17(8-28)43-25(21)42-12-3-4-14(29)13(7-12)23(34)35/h3-7,17,19-22,25-26,28-33,37H,8-10H2,1-2H3,(H,34,35)/t17-,19-,20+,21-,22+,25-,26+,27-/m1/s1. The lowest BCUT2D eigenvalue weighted by Gasteiger charge is -2.42. The Hall–Kier alpha value is -3.94. The molecule has 44 heavy (non-hydrogen) atoms. The van der Waals surface area contributed by atoms with Gasteiger partial charge in [0, 0.05) is 0 Å². The van der Waals surface area contributed by atoms with E-state index in [0.29, 0.717) is 0 Å². The van der Waals surface area contributed by atoms with Crippen LogP contribution in [0.25, 0.3) is 0 Å². The van der Waals surface area contributed by atoms with Crippen LogP contribution in [0.15, 0.2) is 30.3 Å². The zero-order chi connectivity index (χ0) is 32.3. The second-order valence-corrected chi connectivity index (χ2v) is 9.94. The molecule has 0 saturated carbocycles. The van der Waals surface area contributed by atoms with Crippen molar-refractivity contribution in [1.82, 2.24) is 0 Å². The van der Waals surface area contributed by atoms with Crippen molar-refractivity contribution < 1.29 is 83.6 Å². The fourth-order valence-electron chi connectivity index (χ4n) is 4.53. The van der Waals surface area contributed by atoms with E-state index in [9.17, 15) is 50.4 Å². The molecule has 2 fully saturated rings. The lowest BCUT2D eigenvalue weighted by molar-refractivity contribution is -0.318. The number of phenols is 2. The van der Waals surface area contributed by atoms with Gasteiger partial charge in [0.25, 0.3) is 0 Å². The molecule has 2 heterocycles. The number of ether oxygens (including phenoxy) is 7. The average Bonchev–Trinajstić information content (AvgIpc) is 3.29. The molecule has 2 aromatic rings. The summed E-state index contributed by atoms with van der Waals surface area (Å²) in [6, 6.07) is 5.50. The minimum Gasteiger partial charge on any atom is -0.507 e. The molecule has 0 unspecified atom stereocenters. The van der Waals surface area contributed by atoms with Crippen molar-refractivity contribution in [3.63, 3.8) is 0 Å². The Morgan fingerprint density at radius 3 is 2.25 bits per heavy atom. The van der Waals surface area contributed by atoms with Crippen LogP contribution in [0.5, 0.6) is 28.7 Å². The molecule has 8 N–H and O–H groups in total. The van der Waals surface area contributed by atoms with Crippen molar-refractivity contribution in [2.24, 2.45) is 0 Å². The van der Waals surface area contributed by atoms with Gasteiger partial charge in [0.2, 0.25) is 12.0 Å². The molecule has 17 nitrogen and oxygen atoms in total. The molecule has 0 radical (unpaired) electrons. The number of carbonyl (C=O) groups excluding carboxylic acids is 1. The normalized spacial score (nSPS) is 30.0. The molecular weight excluding hydrogens is 596 g/mol. The second kappa shape index (κ2) is 13.4. The van der Waals surface area contributed by atoms with Crippen LogP contribution in [0.1, 0.15) is 20.7 Å². The van der Waals surface area contributed by atoms with E-state index in [0.717, 1.165) is 12.1 Å². The van der Waals surface area contributed by atoms with E-state index in [2.05, 4.69) is 0 Å². The highest BCUT2D eigenvalue weighted by molar-refractivity contribution is 5.91. The zero-order valence-electron chi connectivity index (χ0n) is 23.3. The monoisotopic (exact) mass is 628 g/mol. The Morgan fingerprint density at radius 1 is 1.00 bits per heavy atom. The SMILES string of the molecule is COc1cc(C(=O)OC[C@@]2(O)CO[C@@H](O[C@H]3[C@H](Oc4ccc(O)c(C(=O)O)c4)O[C@H](CO)[C@@H](O)[C@@H]3O)[C@@H]2O)cc(OC)c1O. The summed E-state index contributed by atoms with van der Waals surface area (Å²) in [5, 5.41) is 81.7. The van der Waals surface area contributed by atoms with Crippen LogP contribution in [0.4, 0.5) is 0 Å². The highest BCUT2D eigenvalue weighted by Crippen LogP contribution is 2.38. The van der Waals surface area contributed by atoms with Crippen molar-refractivity contribution in [1.29, 1.82) is 0 Å². The first kappa shape index (κ1) is 33.0. The third kappa shape index (κ3) is 6.59. The number of benzene rings is 2. The minimum absolute atomic E-state index is 0.0881. The Bertz CT molecular complexity index is 1320. The third-order valence-corrected chi connectivity index (χ3v) is 7.04. The Balaban J connectivity index is 1.48. The quantitative estimate of drug-likeness (QED) is 0.129. The number of aromatic hydroxyl groups is 2. The van der Waals surface area contributed by atoms with E-state index in [1.54, 1.807) is 0 Å². The molecule has 0 bridgehead atoms. The van der Waals surface area contributed by atoms with Crippen molar-refractivity contribution in [2.45, 2.75) is 48.7 Å². The number of methoxy groups -OCH3 is 2. The fourth-order valence-corrected chi connectivity index (χ4v) is 4.53. The number of aromatic carboxylic acids is 1. The van der Waals surface area contributed by atoms with Crippen LogP contribution >= 0.6 is 0 Å². The maximum atomic E-state index is 12.7. The number of esters is 1. The molecule has 2 aliphatic heterocycles. The van der Waals surface area contributed by atoms with E-state index < -0.39 is 91.8 Å². The summed E-state index contributed by atoms with van der Waals surface area (Å²) in [5.74, 6) is -3.71. The molecule has 17 heteroatoms. The minimum atomic E-state index is -2.22. The van der Waals surface area contributed by atoms with Gasteiger partial charge in [-0.25, -0.2) is 9.59 Å². The number of rotatable bonds is 11. The molecule has 2 aliphatic rings. The summed E-state index contributed by atoms with van der Waals surface area (Å²) in [5.41, 5.74) is -2.85. The molecule has 8 atom stereocenters. The van der Waals surface area contributed by atoms with Gasteiger partial charge < -0.3 is 74.0 Å². The summed E-state index contributed by atoms with van der Waals surface area (Å²) in [6.07, 6.45) is -11.8. The average molecular weight is 629 g/mol. The summed E-state index contributed by atoms with van der Waals surface area (Å²) < 4.78 is 37.3. The van der Waals surface area contributed by atoms with Gasteiger partial charge in [-0.15, -0.1) is 0 Å². The number of hydrogen-bond acceptors (Lipinski definition) is 16.